The number of carboxylic acids is 1. The number of imide groups is 1. The molecule has 10 heteroatoms. The Morgan fingerprint density at radius 3 is 2.53 bits per heavy atom. The predicted molar refractivity (Wildman–Crippen MR) is 120 cm³/mol. The number of aryl methyl sites for hydroxylation is 1. The molecule has 1 aliphatic carbocycles. The highest BCUT2D eigenvalue weighted by atomic mass is 32.1. The molecule has 0 radical (unpaired) electrons. The number of nitrogens with one attached hydrogen (secondary N) is 1. The van der Waals surface area contributed by atoms with Crippen molar-refractivity contribution in [2.45, 2.75) is 63.2 Å². The Morgan fingerprint density at radius 2 is 1.91 bits per heavy atom. The predicted octanol–water partition coefficient (Wildman–Crippen LogP) is 1.92. The summed E-state index contributed by atoms with van der Waals surface area (Å²) in [4.78, 5) is 48.0. The number of carbonyl (C=O) groups is 4. The number of rotatable bonds is 9. The molecule has 1 fully saturated rings. The van der Waals surface area contributed by atoms with Gasteiger partial charge in [0.1, 0.15) is 11.8 Å². The molecule has 0 saturated carbocycles. The van der Waals surface area contributed by atoms with Crippen molar-refractivity contribution < 1.29 is 29.0 Å². The lowest BCUT2D eigenvalue weighted by molar-refractivity contribution is -0.154. The minimum absolute atomic E-state index is 0.00410. The van der Waals surface area contributed by atoms with Gasteiger partial charge < -0.3 is 9.84 Å². The van der Waals surface area contributed by atoms with Gasteiger partial charge in [-0.2, -0.15) is 17.7 Å². The van der Waals surface area contributed by atoms with E-state index in [1.165, 1.54) is 0 Å². The van der Waals surface area contributed by atoms with Crippen LogP contribution in [-0.4, -0.2) is 56.8 Å². The monoisotopic (exact) mass is 461 g/mol. The van der Waals surface area contributed by atoms with Crippen LogP contribution in [0.15, 0.2) is 23.3 Å². The fourth-order valence-electron chi connectivity index (χ4n) is 3.81. The molecule has 3 rings (SSSR count). The Balaban J connectivity index is 1.58. The van der Waals surface area contributed by atoms with Crippen molar-refractivity contribution in [3.63, 3.8) is 0 Å². The van der Waals surface area contributed by atoms with E-state index in [-0.39, 0.29) is 38.2 Å². The van der Waals surface area contributed by atoms with Crippen LogP contribution in [0.2, 0.25) is 0 Å². The Kier molecular flexibility index (Phi) is 7.22. The molecule has 1 heterocycles. The summed E-state index contributed by atoms with van der Waals surface area (Å²) in [6.07, 6.45) is 1.77. The molecule has 9 nitrogen and oxygen atoms in total. The second-order valence-corrected chi connectivity index (χ2v) is 9.76. The van der Waals surface area contributed by atoms with Gasteiger partial charge in [0.15, 0.2) is 0 Å². The largest absolute Gasteiger partial charge is 0.493 e. The molecule has 0 aromatic heterocycles. The van der Waals surface area contributed by atoms with Crippen LogP contribution in [0.25, 0.3) is 0 Å². The average molecular weight is 462 g/mol. The van der Waals surface area contributed by atoms with Crippen LogP contribution in [0.5, 0.6) is 5.75 Å². The molecule has 2 aliphatic rings. The van der Waals surface area contributed by atoms with E-state index in [0.29, 0.717) is 12.2 Å². The quantitative estimate of drug-likeness (QED) is 0.293. The molecule has 2 N–H and O–H groups in total. The molecule has 1 saturated heterocycles. The lowest BCUT2D eigenvalue weighted by Crippen LogP contribution is -2.45. The molecule has 1 atom stereocenters. The zero-order valence-electron chi connectivity index (χ0n) is 18.1. The van der Waals surface area contributed by atoms with Crippen LogP contribution in [0.4, 0.5) is 0 Å². The van der Waals surface area contributed by atoms with Crippen LogP contribution < -0.4 is 10.2 Å². The first-order valence-corrected chi connectivity index (χ1v) is 10.9. The van der Waals surface area contributed by atoms with E-state index < -0.39 is 28.6 Å². The molecule has 3 amide bonds. The topological polar surface area (TPSA) is 125 Å². The molecule has 172 valence electrons. The number of carboxylic acid groups (broad SMARTS) is 1. The van der Waals surface area contributed by atoms with Gasteiger partial charge in [-0.1, -0.05) is 13.8 Å². The third-order valence-corrected chi connectivity index (χ3v) is 5.43. The van der Waals surface area contributed by atoms with Crippen LogP contribution in [0, 0.1) is 0 Å². The number of fused-ring (bicyclic) bond motifs is 1. The van der Waals surface area contributed by atoms with Gasteiger partial charge >= 0.3 is 5.97 Å². The lowest BCUT2D eigenvalue weighted by atomic mass is 10.1. The van der Waals surface area contributed by atoms with E-state index in [1.807, 2.05) is 26.0 Å². The number of amides is 3. The summed E-state index contributed by atoms with van der Waals surface area (Å²) >= 11 is 4.35. The first-order valence-electron chi connectivity index (χ1n) is 10.5. The molecule has 1 aromatic carbocycles. The number of thiol groups is 1. The van der Waals surface area contributed by atoms with Gasteiger partial charge in [0.2, 0.25) is 17.7 Å². The van der Waals surface area contributed by atoms with E-state index in [2.05, 4.69) is 23.2 Å². The molecule has 1 aliphatic heterocycles. The Labute approximate surface area is 191 Å². The van der Waals surface area contributed by atoms with E-state index >= 15 is 0 Å². The Hall–Kier alpha value is -2.88. The molecule has 32 heavy (non-hydrogen) atoms. The van der Waals surface area contributed by atoms with Gasteiger partial charge in [-0.25, -0.2) is 10.2 Å². The molecule has 0 bridgehead atoms. The minimum Gasteiger partial charge on any atom is -0.493 e. The maximum absolute atomic E-state index is 12.0. The van der Waals surface area contributed by atoms with Crippen LogP contribution >= 0.6 is 12.6 Å². The standard InChI is InChI=1S/C22H27N3O6S/c1-22(2,32)12-18(26)24-23-16-6-3-13-11-14(4-5-15(13)16)31-10-9-17(21(29)30)25-19(27)7-8-20(25)28/h4-5,11,17,32H,3,6-10,12H2,1-2H3,(H,24,26)(H,29,30). The molecular weight excluding hydrogens is 434 g/mol. The molecule has 1 aromatic rings. The van der Waals surface area contributed by atoms with E-state index in [1.54, 1.807) is 6.07 Å². The van der Waals surface area contributed by atoms with Gasteiger partial charge in [-0.05, 0) is 36.6 Å². The minimum atomic E-state index is -1.23. The van der Waals surface area contributed by atoms with Crippen molar-refractivity contribution in [2.75, 3.05) is 6.61 Å². The maximum Gasteiger partial charge on any atom is 0.327 e. The van der Waals surface area contributed by atoms with Crippen LogP contribution in [0.3, 0.4) is 0 Å². The summed E-state index contributed by atoms with van der Waals surface area (Å²) in [5.41, 5.74) is 5.32. The second kappa shape index (κ2) is 9.72. The second-order valence-electron chi connectivity index (χ2n) is 8.55. The first-order chi connectivity index (χ1) is 15.0. The molecule has 1 unspecified atom stereocenters. The smallest absolute Gasteiger partial charge is 0.327 e. The number of likely N-dealkylation sites (tertiary alicyclic amines) is 1. The summed E-state index contributed by atoms with van der Waals surface area (Å²) in [6, 6.07) is 4.24. The normalized spacial score (nSPS) is 18.1. The molecule has 0 spiro atoms. The number of benzene rings is 1. The van der Waals surface area contributed by atoms with Crippen molar-refractivity contribution in [1.82, 2.24) is 10.3 Å². The summed E-state index contributed by atoms with van der Waals surface area (Å²) in [5, 5.41) is 13.7. The number of aliphatic carboxylic acids is 1. The zero-order valence-corrected chi connectivity index (χ0v) is 19.0. The number of hydrazone groups is 1. The highest BCUT2D eigenvalue weighted by molar-refractivity contribution is 7.81. The van der Waals surface area contributed by atoms with E-state index in [0.717, 1.165) is 28.2 Å². The Morgan fingerprint density at radius 1 is 1.22 bits per heavy atom. The van der Waals surface area contributed by atoms with Gasteiger partial charge in [-0.3, -0.25) is 19.3 Å². The van der Waals surface area contributed by atoms with Crippen molar-refractivity contribution >= 4 is 42.0 Å². The molecular formula is C22H27N3O6S. The van der Waals surface area contributed by atoms with E-state index in [9.17, 15) is 24.3 Å². The highest BCUT2D eigenvalue weighted by Crippen LogP contribution is 2.27. The first kappa shape index (κ1) is 23.8. The van der Waals surface area contributed by atoms with Gasteiger partial charge in [0, 0.05) is 36.0 Å². The van der Waals surface area contributed by atoms with Gasteiger partial charge in [-0.15, -0.1) is 0 Å². The maximum atomic E-state index is 12.0. The number of carbonyl (C=O) groups excluding carboxylic acids is 3. The van der Waals surface area contributed by atoms with Gasteiger partial charge in [0.25, 0.3) is 0 Å². The van der Waals surface area contributed by atoms with Crippen molar-refractivity contribution in [1.29, 1.82) is 0 Å². The van der Waals surface area contributed by atoms with Crippen molar-refractivity contribution in [2.24, 2.45) is 5.10 Å². The number of hydrogen-bond donors (Lipinski definition) is 3. The highest BCUT2D eigenvalue weighted by Gasteiger charge is 2.38. The Bertz CT molecular complexity index is 953. The fourth-order valence-corrected chi connectivity index (χ4v) is 3.95. The van der Waals surface area contributed by atoms with Crippen molar-refractivity contribution in [3.8, 4) is 5.75 Å². The van der Waals surface area contributed by atoms with E-state index in [4.69, 9.17) is 4.74 Å². The number of nitrogens with zero attached hydrogens (tertiary/aromatic N) is 2. The number of hydrogen-bond acceptors (Lipinski definition) is 7. The summed E-state index contributed by atoms with van der Waals surface area (Å²) in [6.45, 7) is 3.76. The summed E-state index contributed by atoms with van der Waals surface area (Å²) in [5.74, 6) is -1.79. The number of ether oxygens (including phenoxy) is 1. The lowest BCUT2D eigenvalue weighted by Gasteiger charge is -2.22. The average Bonchev–Trinajstić information content (AvgIpc) is 3.25. The fraction of sp³-hybridized carbons (Fsp3) is 0.500. The van der Waals surface area contributed by atoms with Crippen LogP contribution in [-0.2, 0) is 25.6 Å². The third kappa shape index (κ3) is 5.87. The summed E-state index contributed by atoms with van der Waals surface area (Å²) < 4.78 is 5.28. The third-order valence-electron chi connectivity index (χ3n) is 5.27. The van der Waals surface area contributed by atoms with Crippen LogP contribution in [0.1, 0.15) is 57.1 Å². The van der Waals surface area contributed by atoms with Crippen molar-refractivity contribution in [3.05, 3.63) is 29.3 Å². The van der Waals surface area contributed by atoms with Gasteiger partial charge in [0.05, 0.1) is 12.3 Å². The SMILES string of the molecule is CC(C)(S)CC(=O)NN=C1CCc2cc(OCCC(C(=O)O)N3C(=O)CCC3=O)ccc21. The zero-order chi connectivity index (χ0) is 23.5. The summed E-state index contributed by atoms with van der Waals surface area (Å²) in [7, 11) is 0.